The molecule has 27 heavy (non-hydrogen) atoms. The van der Waals surface area contributed by atoms with E-state index in [1.807, 2.05) is 0 Å². The molecule has 1 saturated heterocycles. The Labute approximate surface area is 150 Å². The molecule has 1 heterocycles. The molecular formula is C18H13F5N2O2. The summed E-state index contributed by atoms with van der Waals surface area (Å²) in [4.78, 5) is 26.1. The maximum atomic E-state index is 13.8. The van der Waals surface area contributed by atoms with Gasteiger partial charge < -0.3 is 10.2 Å². The zero-order valence-electron chi connectivity index (χ0n) is 13.9. The minimum Gasteiger partial charge on any atom is -0.344 e. The standard InChI is InChI=1S/C18H13F5N2O2/c1-25-7-9(8-5-11(20)15(22)12(21)6-8)14(18(25)27)17(26)24-13-4-2-3-10(19)16(13)23/h2-6,9,14H,7H2,1H3,(H,24,26)/t9-,14+/m1/s1. The van der Waals surface area contributed by atoms with Gasteiger partial charge in [-0.1, -0.05) is 6.07 Å². The summed E-state index contributed by atoms with van der Waals surface area (Å²) < 4.78 is 67.4. The molecular weight excluding hydrogens is 371 g/mol. The van der Waals surface area contributed by atoms with Crippen molar-refractivity contribution in [3.63, 3.8) is 0 Å². The quantitative estimate of drug-likeness (QED) is 0.502. The number of halogens is 5. The van der Waals surface area contributed by atoms with Crippen LogP contribution in [-0.4, -0.2) is 30.3 Å². The van der Waals surface area contributed by atoms with Crippen LogP contribution in [-0.2, 0) is 9.59 Å². The number of hydrogen-bond acceptors (Lipinski definition) is 2. The van der Waals surface area contributed by atoms with Crippen LogP contribution in [0.4, 0.5) is 27.6 Å². The third kappa shape index (κ3) is 3.36. The van der Waals surface area contributed by atoms with Gasteiger partial charge in [-0.05, 0) is 29.8 Å². The van der Waals surface area contributed by atoms with E-state index in [1.54, 1.807) is 0 Å². The second kappa shape index (κ2) is 6.98. The summed E-state index contributed by atoms with van der Waals surface area (Å²) in [6, 6.07) is 4.54. The van der Waals surface area contributed by atoms with Gasteiger partial charge >= 0.3 is 0 Å². The fourth-order valence-corrected chi connectivity index (χ4v) is 3.09. The molecule has 3 rings (SSSR count). The summed E-state index contributed by atoms with van der Waals surface area (Å²) in [5.74, 6) is -11.2. The van der Waals surface area contributed by atoms with Crippen LogP contribution in [0, 0.1) is 35.0 Å². The Morgan fingerprint density at radius 1 is 1.04 bits per heavy atom. The summed E-state index contributed by atoms with van der Waals surface area (Å²) in [5.41, 5.74) is -0.568. The first-order valence-corrected chi connectivity index (χ1v) is 7.85. The molecule has 2 atom stereocenters. The molecule has 1 aliphatic heterocycles. The minimum atomic E-state index is -1.67. The first kappa shape index (κ1) is 18.8. The lowest BCUT2D eigenvalue weighted by Crippen LogP contribution is -2.33. The third-order valence-corrected chi connectivity index (χ3v) is 4.44. The summed E-state index contributed by atoms with van der Waals surface area (Å²) in [7, 11) is 1.38. The van der Waals surface area contributed by atoms with Gasteiger partial charge in [0.25, 0.3) is 0 Å². The van der Waals surface area contributed by atoms with E-state index < -0.39 is 58.4 Å². The molecule has 1 fully saturated rings. The Kier molecular flexibility index (Phi) is 4.86. The highest BCUT2D eigenvalue weighted by Crippen LogP contribution is 2.35. The zero-order valence-corrected chi connectivity index (χ0v) is 13.9. The van der Waals surface area contributed by atoms with Gasteiger partial charge in [-0.2, -0.15) is 0 Å². The molecule has 0 aliphatic carbocycles. The Balaban J connectivity index is 1.95. The highest BCUT2D eigenvalue weighted by Gasteiger charge is 2.44. The van der Waals surface area contributed by atoms with Gasteiger partial charge in [0.2, 0.25) is 11.8 Å². The van der Waals surface area contributed by atoms with Crippen LogP contribution < -0.4 is 5.32 Å². The normalized spacial score (nSPS) is 19.5. The number of likely N-dealkylation sites (N-methyl/N-ethyl adjacent to an activating group) is 1. The lowest BCUT2D eigenvalue weighted by molar-refractivity contribution is -0.135. The number of anilines is 1. The van der Waals surface area contributed by atoms with Gasteiger partial charge in [0.15, 0.2) is 29.1 Å². The highest BCUT2D eigenvalue weighted by molar-refractivity contribution is 6.08. The van der Waals surface area contributed by atoms with Crippen LogP contribution in [0.5, 0.6) is 0 Å². The Morgan fingerprint density at radius 3 is 2.30 bits per heavy atom. The van der Waals surface area contributed by atoms with Crippen molar-refractivity contribution in [3.05, 3.63) is 65.0 Å². The van der Waals surface area contributed by atoms with Crippen molar-refractivity contribution in [1.82, 2.24) is 4.90 Å². The second-order valence-corrected chi connectivity index (χ2v) is 6.19. The monoisotopic (exact) mass is 384 g/mol. The van der Waals surface area contributed by atoms with Crippen molar-refractivity contribution >= 4 is 17.5 Å². The largest absolute Gasteiger partial charge is 0.344 e. The lowest BCUT2D eigenvalue weighted by Gasteiger charge is -2.17. The maximum Gasteiger partial charge on any atom is 0.237 e. The molecule has 0 unspecified atom stereocenters. The second-order valence-electron chi connectivity index (χ2n) is 6.19. The van der Waals surface area contributed by atoms with E-state index in [-0.39, 0.29) is 12.1 Å². The lowest BCUT2D eigenvalue weighted by atomic mass is 9.87. The molecule has 4 nitrogen and oxygen atoms in total. The average Bonchev–Trinajstić information content (AvgIpc) is 2.91. The predicted octanol–water partition coefficient (Wildman–Crippen LogP) is 3.19. The molecule has 0 saturated carbocycles. The van der Waals surface area contributed by atoms with Gasteiger partial charge in [-0.15, -0.1) is 0 Å². The Bertz CT molecular complexity index is 911. The first-order chi connectivity index (χ1) is 12.7. The van der Waals surface area contributed by atoms with E-state index in [1.165, 1.54) is 13.1 Å². The smallest absolute Gasteiger partial charge is 0.237 e. The molecule has 1 N–H and O–H groups in total. The molecule has 9 heteroatoms. The molecule has 1 aliphatic rings. The maximum absolute atomic E-state index is 13.8. The molecule has 142 valence electrons. The van der Waals surface area contributed by atoms with Crippen LogP contribution in [0.2, 0.25) is 0 Å². The highest BCUT2D eigenvalue weighted by atomic mass is 19.2. The third-order valence-electron chi connectivity index (χ3n) is 4.44. The topological polar surface area (TPSA) is 49.4 Å². The van der Waals surface area contributed by atoms with Gasteiger partial charge in [0, 0.05) is 19.5 Å². The molecule has 2 aromatic carbocycles. The van der Waals surface area contributed by atoms with Crippen molar-refractivity contribution in [1.29, 1.82) is 0 Å². The van der Waals surface area contributed by atoms with Gasteiger partial charge in [0.1, 0.15) is 5.92 Å². The number of benzene rings is 2. The Hall–Kier alpha value is -2.97. The first-order valence-electron chi connectivity index (χ1n) is 7.85. The number of carbonyl (C=O) groups excluding carboxylic acids is 2. The van der Waals surface area contributed by atoms with E-state index in [2.05, 4.69) is 5.32 Å². The van der Waals surface area contributed by atoms with Gasteiger partial charge in [-0.3, -0.25) is 9.59 Å². The minimum absolute atomic E-state index is 0.0624. The number of likely N-dealkylation sites (tertiary alicyclic amines) is 1. The summed E-state index contributed by atoms with van der Waals surface area (Å²) in [5, 5.41) is 2.12. The van der Waals surface area contributed by atoms with Crippen molar-refractivity contribution in [2.45, 2.75) is 5.92 Å². The number of amides is 2. The SMILES string of the molecule is CN1C[C@H](c2cc(F)c(F)c(F)c2)[C@@H](C(=O)Nc2cccc(F)c2F)C1=O. The number of hydrogen-bond donors (Lipinski definition) is 1. The molecule has 2 amide bonds. The van der Waals surface area contributed by atoms with Crippen molar-refractivity contribution in [3.8, 4) is 0 Å². The van der Waals surface area contributed by atoms with Crippen molar-refractivity contribution in [2.75, 3.05) is 18.9 Å². The van der Waals surface area contributed by atoms with Crippen LogP contribution in [0.25, 0.3) is 0 Å². The van der Waals surface area contributed by atoms with E-state index in [9.17, 15) is 31.5 Å². The van der Waals surface area contributed by atoms with E-state index >= 15 is 0 Å². The number of rotatable bonds is 3. The summed E-state index contributed by atoms with van der Waals surface area (Å²) >= 11 is 0. The fraction of sp³-hybridized carbons (Fsp3) is 0.222. The average molecular weight is 384 g/mol. The number of nitrogens with one attached hydrogen (secondary N) is 1. The molecule has 0 aromatic heterocycles. The number of nitrogens with zero attached hydrogens (tertiary/aromatic N) is 1. The van der Waals surface area contributed by atoms with Crippen molar-refractivity contribution in [2.24, 2.45) is 5.92 Å². The van der Waals surface area contributed by atoms with Crippen molar-refractivity contribution < 1.29 is 31.5 Å². The molecule has 0 radical (unpaired) electrons. The Morgan fingerprint density at radius 2 is 1.67 bits per heavy atom. The van der Waals surface area contributed by atoms with E-state index in [0.717, 1.165) is 17.0 Å². The van der Waals surface area contributed by atoms with Gasteiger partial charge in [-0.25, -0.2) is 22.0 Å². The summed E-state index contributed by atoms with van der Waals surface area (Å²) in [6.45, 7) is -0.0624. The molecule has 2 aromatic rings. The summed E-state index contributed by atoms with van der Waals surface area (Å²) in [6.07, 6.45) is 0. The van der Waals surface area contributed by atoms with E-state index in [0.29, 0.717) is 12.1 Å². The van der Waals surface area contributed by atoms with Crippen LogP contribution in [0.1, 0.15) is 11.5 Å². The molecule has 0 spiro atoms. The predicted molar refractivity (Wildman–Crippen MR) is 85.2 cm³/mol. The number of carbonyl (C=O) groups is 2. The van der Waals surface area contributed by atoms with Gasteiger partial charge in [0.05, 0.1) is 5.69 Å². The van der Waals surface area contributed by atoms with Crippen LogP contribution >= 0.6 is 0 Å². The fourth-order valence-electron chi connectivity index (χ4n) is 3.09. The molecule has 0 bridgehead atoms. The van der Waals surface area contributed by atoms with E-state index in [4.69, 9.17) is 0 Å². The van der Waals surface area contributed by atoms with Crippen LogP contribution in [0.3, 0.4) is 0 Å². The zero-order chi connectivity index (χ0) is 19.9. The van der Waals surface area contributed by atoms with Crippen LogP contribution in [0.15, 0.2) is 30.3 Å².